The molecule has 0 unspecified atom stereocenters. The summed E-state index contributed by atoms with van der Waals surface area (Å²) < 4.78 is 27.8. The number of aromatic nitrogens is 2. The molecular weight excluding hydrogens is 348 g/mol. The molecule has 0 aliphatic carbocycles. The number of nitrogens with zero attached hydrogens (tertiary/aromatic N) is 4. The number of para-hydroxylation sites is 2. The lowest BCUT2D eigenvalue weighted by Gasteiger charge is -2.36. The van der Waals surface area contributed by atoms with Crippen LogP contribution in [-0.4, -0.2) is 36.1 Å². The highest BCUT2D eigenvalue weighted by molar-refractivity contribution is 5.60. The van der Waals surface area contributed by atoms with Gasteiger partial charge in [-0.05, 0) is 24.3 Å². The van der Waals surface area contributed by atoms with Crippen LogP contribution in [-0.2, 0) is 0 Å². The van der Waals surface area contributed by atoms with Gasteiger partial charge in [-0.1, -0.05) is 24.3 Å². The Labute approximate surface area is 156 Å². The van der Waals surface area contributed by atoms with Crippen molar-refractivity contribution in [3.63, 3.8) is 0 Å². The SMILES string of the molecule is Fc1ccccc1Nc1cc(N2CCN(c3ccccc3F)CC2)ncn1. The fourth-order valence-electron chi connectivity index (χ4n) is 3.17. The van der Waals surface area contributed by atoms with Gasteiger partial charge in [-0.2, -0.15) is 0 Å². The lowest BCUT2D eigenvalue weighted by molar-refractivity contribution is 0.596. The third kappa shape index (κ3) is 3.81. The maximum absolute atomic E-state index is 14.0. The minimum Gasteiger partial charge on any atom is -0.366 e. The quantitative estimate of drug-likeness (QED) is 0.759. The average molecular weight is 367 g/mol. The van der Waals surface area contributed by atoms with Gasteiger partial charge in [0.2, 0.25) is 0 Å². The molecule has 7 heteroatoms. The lowest BCUT2D eigenvalue weighted by atomic mass is 10.2. The van der Waals surface area contributed by atoms with Crippen LogP contribution in [0.5, 0.6) is 0 Å². The topological polar surface area (TPSA) is 44.3 Å². The molecule has 0 bridgehead atoms. The number of hydrogen-bond donors (Lipinski definition) is 1. The molecular formula is C20H19F2N5. The Balaban J connectivity index is 1.44. The van der Waals surface area contributed by atoms with Gasteiger partial charge in [0, 0.05) is 32.2 Å². The Bertz CT molecular complexity index is 926. The van der Waals surface area contributed by atoms with Gasteiger partial charge in [-0.15, -0.1) is 0 Å². The number of nitrogens with one attached hydrogen (secondary N) is 1. The molecule has 1 aliphatic heterocycles. The minimum absolute atomic E-state index is 0.204. The number of rotatable bonds is 4. The van der Waals surface area contributed by atoms with Crippen LogP contribution in [0.2, 0.25) is 0 Å². The van der Waals surface area contributed by atoms with E-state index in [2.05, 4.69) is 20.2 Å². The van der Waals surface area contributed by atoms with Crippen molar-refractivity contribution in [2.24, 2.45) is 0 Å². The zero-order valence-electron chi connectivity index (χ0n) is 14.6. The minimum atomic E-state index is -0.337. The molecule has 0 amide bonds. The Kier molecular flexibility index (Phi) is 4.82. The van der Waals surface area contributed by atoms with Gasteiger partial charge < -0.3 is 15.1 Å². The molecule has 0 atom stereocenters. The highest BCUT2D eigenvalue weighted by atomic mass is 19.1. The highest BCUT2D eigenvalue weighted by Gasteiger charge is 2.20. The molecule has 0 saturated carbocycles. The second kappa shape index (κ2) is 7.57. The predicted molar refractivity (Wildman–Crippen MR) is 103 cm³/mol. The van der Waals surface area contributed by atoms with Crippen molar-refractivity contribution in [1.29, 1.82) is 0 Å². The summed E-state index contributed by atoms with van der Waals surface area (Å²) in [7, 11) is 0. The number of benzene rings is 2. The van der Waals surface area contributed by atoms with E-state index in [0.717, 1.165) is 5.82 Å². The number of piperazine rings is 1. The first-order valence-corrected chi connectivity index (χ1v) is 8.79. The molecule has 2 heterocycles. The predicted octanol–water partition coefficient (Wildman–Crippen LogP) is 3.83. The summed E-state index contributed by atoms with van der Waals surface area (Å²) in [5.74, 6) is 0.749. The normalized spacial score (nSPS) is 14.3. The first-order valence-electron chi connectivity index (χ1n) is 8.79. The molecule has 27 heavy (non-hydrogen) atoms. The molecule has 5 nitrogen and oxygen atoms in total. The summed E-state index contributed by atoms with van der Waals surface area (Å²) in [6.45, 7) is 2.82. The van der Waals surface area contributed by atoms with Gasteiger partial charge >= 0.3 is 0 Å². The number of hydrogen-bond acceptors (Lipinski definition) is 5. The van der Waals surface area contributed by atoms with E-state index in [4.69, 9.17) is 0 Å². The van der Waals surface area contributed by atoms with Crippen LogP contribution in [0.25, 0.3) is 0 Å². The van der Waals surface area contributed by atoms with E-state index >= 15 is 0 Å². The Hall–Kier alpha value is -3.22. The summed E-state index contributed by atoms with van der Waals surface area (Å²) in [6.07, 6.45) is 1.46. The molecule has 1 saturated heterocycles. The number of halogens is 2. The van der Waals surface area contributed by atoms with E-state index in [-0.39, 0.29) is 11.6 Å². The zero-order valence-corrected chi connectivity index (χ0v) is 14.6. The Morgan fingerprint density at radius 1 is 0.778 bits per heavy atom. The molecule has 2 aromatic carbocycles. The van der Waals surface area contributed by atoms with Crippen molar-refractivity contribution in [2.75, 3.05) is 41.3 Å². The third-order valence-corrected chi connectivity index (χ3v) is 4.59. The van der Waals surface area contributed by atoms with Crippen molar-refractivity contribution in [1.82, 2.24) is 9.97 Å². The standard InChI is InChI=1S/C20H19F2N5/c21-15-5-1-3-7-17(15)25-19-13-20(24-14-23-19)27-11-9-26(10-12-27)18-8-4-2-6-16(18)22/h1-8,13-14H,9-12H2,(H,23,24,25). The molecule has 0 radical (unpaired) electrons. The van der Waals surface area contributed by atoms with Crippen molar-refractivity contribution in [3.05, 3.63) is 72.6 Å². The maximum Gasteiger partial charge on any atom is 0.146 e. The van der Waals surface area contributed by atoms with Gasteiger partial charge in [0.15, 0.2) is 0 Å². The largest absolute Gasteiger partial charge is 0.366 e. The van der Waals surface area contributed by atoms with Gasteiger partial charge in [0.1, 0.15) is 29.6 Å². The maximum atomic E-state index is 14.0. The van der Waals surface area contributed by atoms with Crippen LogP contribution in [0.1, 0.15) is 0 Å². The van der Waals surface area contributed by atoms with E-state index in [1.165, 1.54) is 18.5 Å². The van der Waals surface area contributed by atoms with E-state index in [1.54, 1.807) is 36.4 Å². The average Bonchev–Trinajstić information content (AvgIpc) is 2.71. The van der Waals surface area contributed by atoms with Crippen molar-refractivity contribution in [3.8, 4) is 0 Å². The van der Waals surface area contributed by atoms with Gasteiger partial charge in [-0.3, -0.25) is 0 Å². The zero-order chi connectivity index (χ0) is 18.6. The second-order valence-electron chi connectivity index (χ2n) is 6.29. The fourth-order valence-corrected chi connectivity index (χ4v) is 3.17. The fraction of sp³-hybridized carbons (Fsp3) is 0.200. The first kappa shape index (κ1) is 17.2. The van der Waals surface area contributed by atoms with Crippen LogP contribution in [0.4, 0.5) is 31.8 Å². The van der Waals surface area contributed by atoms with Crippen LogP contribution in [0.3, 0.4) is 0 Å². The Morgan fingerprint density at radius 2 is 1.44 bits per heavy atom. The summed E-state index contributed by atoms with van der Waals surface area (Å²) in [5.41, 5.74) is 0.994. The summed E-state index contributed by atoms with van der Waals surface area (Å²) in [4.78, 5) is 12.7. The van der Waals surface area contributed by atoms with Crippen LogP contribution in [0, 0.1) is 11.6 Å². The van der Waals surface area contributed by atoms with E-state index in [1.807, 2.05) is 11.0 Å². The lowest BCUT2D eigenvalue weighted by Crippen LogP contribution is -2.47. The van der Waals surface area contributed by atoms with Crippen LogP contribution < -0.4 is 15.1 Å². The molecule has 4 rings (SSSR count). The molecule has 1 aliphatic rings. The van der Waals surface area contributed by atoms with Crippen LogP contribution in [0.15, 0.2) is 60.9 Å². The monoisotopic (exact) mass is 367 g/mol. The molecule has 1 N–H and O–H groups in total. The van der Waals surface area contributed by atoms with Crippen molar-refractivity contribution < 1.29 is 8.78 Å². The third-order valence-electron chi connectivity index (χ3n) is 4.59. The van der Waals surface area contributed by atoms with Crippen molar-refractivity contribution in [2.45, 2.75) is 0 Å². The molecule has 1 aromatic heterocycles. The summed E-state index contributed by atoms with van der Waals surface area (Å²) in [6, 6.07) is 15.1. The second-order valence-corrected chi connectivity index (χ2v) is 6.29. The van der Waals surface area contributed by atoms with Gasteiger partial charge in [0.05, 0.1) is 11.4 Å². The van der Waals surface area contributed by atoms with E-state index in [0.29, 0.717) is 43.4 Å². The molecule has 0 spiro atoms. The van der Waals surface area contributed by atoms with Gasteiger partial charge in [-0.25, -0.2) is 18.7 Å². The molecule has 3 aromatic rings. The first-order chi connectivity index (χ1) is 13.2. The molecule has 1 fully saturated rings. The van der Waals surface area contributed by atoms with E-state index in [9.17, 15) is 8.78 Å². The number of anilines is 4. The molecule has 138 valence electrons. The smallest absolute Gasteiger partial charge is 0.146 e. The summed E-state index contributed by atoms with van der Waals surface area (Å²) in [5, 5.41) is 2.98. The highest BCUT2D eigenvalue weighted by Crippen LogP contribution is 2.24. The van der Waals surface area contributed by atoms with Crippen LogP contribution >= 0.6 is 0 Å². The summed E-state index contributed by atoms with van der Waals surface area (Å²) >= 11 is 0. The Morgan fingerprint density at radius 3 is 2.19 bits per heavy atom. The van der Waals surface area contributed by atoms with E-state index < -0.39 is 0 Å². The van der Waals surface area contributed by atoms with Crippen molar-refractivity contribution >= 4 is 23.0 Å². The van der Waals surface area contributed by atoms with Gasteiger partial charge in [0.25, 0.3) is 0 Å².